The van der Waals surface area contributed by atoms with E-state index in [1.54, 1.807) is 6.07 Å². The van der Waals surface area contributed by atoms with Gasteiger partial charge in [-0.2, -0.15) is 0 Å². The third kappa shape index (κ3) is 2.49. The van der Waals surface area contributed by atoms with Gasteiger partial charge in [-0.1, -0.05) is 13.0 Å². The molecule has 0 spiro atoms. The Kier molecular flexibility index (Phi) is 4.06. The molecule has 3 aliphatic rings. The zero-order valence-electron chi connectivity index (χ0n) is 15.1. The predicted octanol–water partition coefficient (Wildman–Crippen LogP) is 3.40. The van der Waals surface area contributed by atoms with Gasteiger partial charge in [-0.25, -0.2) is 0 Å². The van der Waals surface area contributed by atoms with Crippen LogP contribution < -0.4 is 0 Å². The van der Waals surface area contributed by atoms with Crippen LogP contribution >= 0.6 is 0 Å². The molecule has 2 N–H and O–H groups in total. The van der Waals surface area contributed by atoms with Gasteiger partial charge in [0.15, 0.2) is 0 Å². The number of benzene rings is 1. The topological polar surface area (TPSA) is 66.8 Å². The average Bonchev–Trinajstić information content (AvgIpc) is 2.89. The van der Waals surface area contributed by atoms with Crippen molar-refractivity contribution in [2.75, 3.05) is 6.61 Å². The second-order valence-corrected chi connectivity index (χ2v) is 8.37. The normalized spacial score (nSPS) is 39.2. The molecule has 2 saturated carbocycles. The summed E-state index contributed by atoms with van der Waals surface area (Å²) < 4.78 is 5.42. The van der Waals surface area contributed by atoms with Gasteiger partial charge in [0, 0.05) is 0 Å². The number of fused-ring (bicyclic) bond motifs is 5. The highest BCUT2D eigenvalue weighted by Crippen LogP contribution is 2.62. The van der Waals surface area contributed by atoms with Crippen LogP contribution in [0.3, 0.4) is 0 Å². The monoisotopic (exact) mass is 344 g/mol. The quantitative estimate of drug-likeness (QED) is 0.807. The Morgan fingerprint density at radius 3 is 2.88 bits per heavy atom. The third-order valence-corrected chi connectivity index (χ3v) is 7.30. The van der Waals surface area contributed by atoms with E-state index in [4.69, 9.17) is 4.74 Å². The number of hydrogen-bond acceptors (Lipinski definition) is 4. The van der Waals surface area contributed by atoms with E-state index in [1.165, 1.54) is 5.56 Å². The number of hydrogen-bond donors (Lipinski definition) is 2. The van der Waals surface area contributed by atoms with Crippen LogP contribution in [0.5, 0.6) is 5.75 Å². The molecule has 4 heteroatoms. The minimum absolute atomic E-state index is 0.0830. The fourth-order valence-electron chi connectivity index (χ4n) is 6.08. The Morgan fingerprint density at radius 2 is 2.12 bits per heavy atom. The van der Waals surface area contributed by atoms with Crippen molar-refractivity contribution in [2.45, 2.75) is 58.0 Å². The number of rotatable bonds is 2. The lowest BCUT2D eigenvalue weighted by molar-refractivity contribution is -0.154. The third-order valence-electron chi connectivity index (χ3n) is 7.30. The number of aliphatic hydroxyl groups excluding tert-OH is 1. The van der Waals surface area contributed by atoms with Crippen LogP contribution in [0.25, 0.3) is 0 Å². The Balaban J connectivity index is 1.78. The number of phenols is 1. The molecular weight excluding hydrogens is 316 g/mol. The van der Waals surface area contributed by atoms with Gasteiger partial charge in [0.2, 0.25) is 0 Å². The first kappa shape index (κ1) is 16.9. The molecule has 0 aliphatic heterocycles. The summed E-state index contributed by atoms with van der Waals surface area (Å²) in [6.07, 6.45) is 4.18. The van der Waals surface area contributed by atoms with Gasteiger partial charge in [0.25, 0.3) is 0 Å². The Morgan fingerprint density at radius 1 is 1.32 bits per heavy atom. The zero-order valence-corrected chi connectivity index (χ0v) is 15.1. The molecule has 0 heterocycles. The van der Waals surface area contributed by atoms with Crippen LogP contribution in [0.15, 0.2) is 18.2 Å². The maximum Gasteiger partial charge on any atom is 0.309 e. The Hall–Kier alpha value is -1.55. The molecule has 136 valence electrons. The van der Waals surface area contributed by atoms with Crippen molar-refractivity contribution in [3.8, 4) is 5.75 Å². The Labute approximate surface area is 149 Å². The van der Waals surface area contributed by atoms with Crippen LogP contribution in [0.1, 0.15) is 56.6 Å². The van der Waals surface area contributed by atoms with Crippen LogP contribution in [0.2, 0.25) is 0 Å². The highest BCUT2D eigenvalue weighted by atomic mass is 16.5. The summed E-state index contributed by atoms with van der Waals surface area (Å²) in [5.41, 5.74) is 2.29. The number of ether oxygens (including phenoxy) is 1. The molecule has 0 amide bonds. The van der Waals surface area contributed by atoms with Gasteiger partial charge in [-0.05, 0) is 85.5 Å². The van der Waals surface area contributed by atoms with Crippen LogP contribution in [-0.4, -0.2) is 28.9 Å². The summed E-state index contributed by atoms with van der Waals surface area (Å²) in [5.74, 6) is 0.884. The number of esters is 1. The van der Waals surface area contributed by atoms with E-state index in [9.17, 15) is 15.0 Å². The van der Waals surface area contributed by atoms with E-state index in [2.05, 4.69) is 6.92 Å². The Bertz CT molecular complexity index is 684. The first-order valence-electron chi connectivity index (χ1n) is 9.62. The molecule has 1 aromatic carbocycles. The molecule has 2 fully saturated rings. The van der Waals surface area contributed by atoms with Crippen molar-refractivity contribution >= 4 is 5.97 Å². The SMILES string of the molecule is CCOC(=O)[C@H]1Cc2cc(O)ccc2[C@H]2CC[C@]3(C)[C@@H](O)CC[C@H]3[C@H]12. The van der Waals surface area contributed by atoms with E-state index in [0.29, 0.717) is 24.9 Å². The molecular formula is C21H28O4. The summed E-state index contributed by atoms with van der Waals surface area (Å²) in [5, 5.41) is 20.5. The minimum atomic E-state index is -0.262. The van der Waals surface area contributed by atoms with Crippen molar-refractivity contribution in [2.24, 2.45) is 23.2 Å². The van der Waals surface area contributed by atoms with Crippen molar-refractivity contribution in [3.63, 3.8) is 0 Å². The molecule has 0 bridgehead atoms. The molecule has 0 aromatic heterocycles. The highest BCUT2D eigenvalue weighted by Gasteiger charge is 2.58. The molecule has 0 saturated heterocycles. The lowest BCUT2D eigenvalue weighted by atomic mass is 9.52. The smallest absolute Gasteiger partial charge is 0.309 e. The van der Waals surface area contributed by atoms with Gasteiger partial charge < -0.3 is 14.9 Å². The molecule has 6 atom stereocenters. The van der Waals surface area contributed by atoms with E-state index >= 15 is 0 Å². The summed E-state index contributed by atoms with van der Waals surface area (Å²) in [4.78, 5) is 12.8. The maximum atomic E-state index is 12.8. The standard InChI is InChI=1S/C21H28O4/c1-3-25-20(24)16-11-12-10-13(22)4-5-14(12)15-8-9-21(2)17(19(15)16)6-7-18(21)23/h4-5,10,15-19,22-23H,3,6-9,11H2,1-2H3/t15-,16+,17+,18+,19+,21+/m1/s1. The van der Waals surface area contributed by atoms with E-state index < -0.39 is 0 Å². The van der Waals surface area contributed by atoms with Crippen LogP contribution in [0, 0.1) is 23.2 Å². The average molecular weight is 344 g/mol. The highest BCUT2D eigenvalue weighted by molar-refractivity contribution is 5.74. The summed E-state index contributed by atoms with van der Waals surface area (Å²) in [7, 11) is 0. The van der Waals surface area contributed by atoms with Gasteiger partial charge in [0.05, 0.1) is 18.6 Å². The lowest BCUT2D eigenvalue weighted by Crippen LogP contribution is -2.49. The predicted molar refractivity (Wildman–Crippen MR) is 94.2 cm³/mol. The van der Waals surface area contributed by atoms with Gasteiger partial charge >= 0.3 is 5.97 Å². The molecule has 4 rings (SSSR count). The lowest BCUT2D eigenvalue weighted by Gasteiger charge is -2.52. The van der Waals surface area contributed by atoms with Crippen molar-refractivity contribution in [1.29, 1.82) is 0 Å². The second kappa shape index (κ2) is 6.01. The number of aromatic hydroxyl groups is 1. The van der Waals surface area contributed by atoms with Gasteiger partial charge in [-0.3, -0.25) is 4.79 Å². The number of aliphatic hydroxyl groups is 1. The van der Waals surface area contributed by atoms with Crippen LogP contribution in [0.4, 0.5) is 0 Å². The first-order chi connectivity index (χ1) is 12.0. The maximum absolute atomic E-state index is 12.8. The molecule has 0 radical (unpaired) electrons. The largest absolute Gasteiger partial charge is 0.508 e. The van der Waals surface area contributed by atoms with E-state index in [-0.39, 0.29) is 35.1 Å². The fourth-order valence-corrected chi connectivity index (χ4v) is 6.08. The molecule has 4 nitrogen and oxygen atoms in total. The molecule has 3 aliphatic carbocycles. The molecule has 25 heavy (non-hydrogen) atoms. The van der Waals surface area contributed by atoms with E-state index in [1.807, 2.05) is 19.1 Å². The summed E-state index contributed by atoms with van der Waals surface area (Å²) in [6, 6.07) is 5.62. The molecule has 1 aromatic rings. The van der Waals surface area contributed by atoms with Gasteiger partial charge in [0.1, 0.15) is 5.75 Å². The number of carbonyl (C=O) groups is 1. The summed E-state index contributed by atoms with van der Waals surface area (Å²) >= 11 is 0. The first-order valence-corrected chi connectivity index (χ1v) is 9.62. The fraction of sp³-hybridized carbons (Fsp3) is 0.667. The summed E-state index contributed by atoms with van der Waals surface area (Å²) in [6.45, 7) is 4.45. The number of carbonyl (C=O) groups excluding carboxylic acids is 1. The van der Waals surface area contributed by atoms with Crippen LogP contribution in [-0.2, 0) is 16.0 Å². The van der Waals surface area contributed by atoms with E-state index in [0.717, 1.165) is 31.2 Å². The van der Waals surface area contributed by atoms with Crippen molar-refractivity contribution in [1.82, 2.24) is 0 Å². The van der Waals surface area contributed by atoms with Crippen molar-refractivity contribution < 1.29 is 19.7 Å². The number of phenolic OH excluding ortho intramolecular Hbond substituents is 1. The molecule has 0 unspecified atom stereocenters. The van der Waals surface area contributed by atoms with Crippen molar-refractivity contribution in [3.05, 3.63) is 29.3 Å². The second-order valence-electron chi connectivity index (χ2n) is 8.37. The van der Waals surface area contributed by atoms with Gasteiger partial charge in [-0.15, -0.1) is 0 Å². The zero-order chi connectivity index (χ0) is 17.8. The minimum Gasteiger partial charge on any atom is -0.508 e.